The summed E-state index contributed by atoms with van der Waals surface area (Å²) in [5.74, 6) is 1.96. The van der Waals surface area contributed by atoms with Gasteiger partial charge in [0.1, 0.15) is 24.2 Å². The lowest BCUT2D eigenvalue weighted by atomic mass is 9.82. The molecule has 220 valence electrons. The molecule has 0 radical (unpaired) electrons. The summed E-state index contributed by atoms with van der Waals surface area (Å²) in [4.78, 5) is 15.9. The Morgan fingerprint density at radius 3 is 2.70 bits per heavy atom. The second-order valence-corrected chi connectivity index (χ2v) is 10.9. The van der Waals surface area contributed by atoms with Crippen LogP contribution < -0.4 is 19.7 Å². The third-order valence-electron chi connectivity index (χ3n) is 7.65. The van der Waals surface area contributed by atoms with E-state index in [1.54, 1.807) is 28.3 Å². The van der Waals surface area contributed by atoms with Crippen molar-refractivity contribution in [3.05, 3.63) is 53.6 Å². The highest BCUT2D eigenvalue weighted by Gasteiger charge is 2.33. The fourth-order valence-electron chi connectivity index (χ4n) is 5.49. The largest absolute Gasteiger partial charge is 0.497 e. The van der Waals surface area contributed by atoms with Crippen molar-refractivity contribution in [2.45, 2.75) is 57.0 Å². The van der Waals surface area contributed by atoms with Gasteiger partial charge < -0.3 is 38.8 Å². The molecule has 9 heteroatoms. The number of nitrogens with zero attached hydrogens (tertiary/aromatic N) is 2. The van der Waals surface area contributed by atoms with Crippen molar-refractivity contribution in [2.24, 2.45) is 0 Å². The molecular weight excluding hydrogens is 510 g/mol. The van der Waals surface area contributed by atoms with Crippen LogP contribution in [-0.2, 0) is 20.8 Å². The Balaban J connectivity index is 1.43. The number of methoxy groups -OCH3 is 2. The molecule has 40 heavy (non-hydrogen) atoms. The summed E-state index contributed by atoms with van der Waals surface area (Å²) in [7, 11) is 6.82. The number of nitrogens with one attached hydrogen (secondary N) is 1. The molecule has 9 nitrogen and oxygen atoms in total. The summed E-state index contributed by atoms with van der Waals surface area (Å²) in [5.41, 5.74) is 3.47. The van der Waals surface area contributed by atoms with Crippen LogP contribution in [0.1, 0.15) is 43.2 Å². The van der Waals surface area contributed by atoms with Gasteiger partial charge in [0.25, 0.3) is 0 Å². The van der Waals surface area contributed by atoms with Crippen LogP contribution in [0.25, 0.3) is 0 Å². The van der Waals surface area contributed by atoms with Crippen molar-refractivity contribution < 1.29 is 28.5 Å². The minimum atomic E-state index is -0.316. The molecule has 1 fully saturated rings. The first-order chi connectivity index (χ1) is 19.4. The topological polar surface area (TPSA) is 81.7 Å². The van der Waals surface area contributed by atoms with Gasteiger partial charge in [-0.2, -0.15) is 0 Å². The highest BCUT2D eigenvalue weighted by molar-refractivity contribution is 5.66. The predicted octanol–water partition coefficient (Wildman–Crippen LogP) is 4.44. The summed E-state index contributed by atoms with van der Waals surface area (Å²) < 4.78 is 28.7. The Hall–Kier alpha value is -3.01. The van der Waals surface area contributed by atoms with Gasteiger partial charge in [-0.1, -0.05) is 18.2 Å². The number of ether oxygens (including phenoxy) is 5. The van der Waals surface area contributed by atoms with Crippen molar-refractivity contribution in [3.63, 3.8) is 0 Å². The number of rotatable bonds is 12. The second kappa shape index (κ2) is 14.6. The van der Waals surface area contributed by atoms with E-state index in [-0.39, 0.29) is 30.3 Å². The molecule has 1 N–H and O–H groups in total. The normalized spacial score (nSPS) is 21.2. The molecule has 1 saturated heterocycles. The fraction of sp³-hybridized carbons (Fsp3) is 0.581. The molecule has 0 saturated carbocycles. The van der Waals surface area contributed by atoms with E-state index in [2.05, 4.69) is 40.5 Å². The number of carbonyl (C=O) groups is 1. The molecule has 2 heterocycles. The van der Waals surface area contributed by atoms with Gasteiger partial charge >= 0.3 is 6.09 Å². The van der Waals surface area contributed by atoms with Crippen molar-refractivity contribution in [3.8, 4) is 11.5 Å². The third kappa shape index (κ3) is 8.02. The Bertz CT molecular complexity index is 1080. The summed E-state index contributed by atoms with van der Waals surface area (Å²) in [6.45, 7) is 6.43. The van der Waals surface area contributed by atoms with Crippen LogP contribution >= 0.6 is 0 Å². The van der Waals surface area contributed by atoms with Crippen molar-refractivity contribution in [2.75, 3.05) is 66.1 Å². The minimum Gasteiger partial charge on any atom is -0.497 e. The molecular formula is C31H45N3O6. The first-order valence-electron chi connectivity index (χ1n) is 14.2. The molecule has 1 amide bonds. The number of anilines is 1. The van der Waals surface area contributed by atoms with E-state index in [4.69, 9.17) is 23.7 Å². The number of carbonyl (C=O) groups excluding carboxylic acids is 1. The Morgan fingerprint density at radius 2 is 1.98 bits per heavy atom. The van der Waals surface area contributed by atoms with Crippen LogP contribution in [0.2, 0.25) is 0 Å². The van der Waals surface area contributed by atoms with E-state index in [0.29, 0.717) is 19.8 Å². The SMILES string of the molecule is COCCCN1CCOc2ccc(CO[C@H]3CNC(C[C@@H](C)OC(=O)N(C)C)CC3c3ccc(OC)cc3)cc21. The zero-order valence-electron chi connectivity index (χ0n) is 24.6. The number of amides is 1. The van der Waals surface area contributed by atoms with E-state index < -0.39 is 0 Å². The number of hydrogen-bond donors (Lipinski definition) is 1. The number of fused-ring (bicyclic) bond motifs is 1. The van der Waals surface area contributed by atoms with Gasteiger partial charge in [0.2, 0.25) is 0 Å². The standard InChI is InChI=1S/C31H45N3O6/c1-22(40-31(35)33(2)3)17-25-19-27(24-8-10-26(37-5)11-9-24)30(20-32-25)39-21-23-7-12-29-28(18-23)34(14-16-38-29)13-6-15-36-4/h7-12,18,22,25,27,30,32H,6,13-17,19-21H2,1-5H3/t22-,25?,27?,30+/m1/s1. The lowest BCUT2D eigenvalue weighted by Crippen LogP contribution is -2.48. The van der Waals surface area contributed by atoms with E-state index in [9.17, 15) is 4.79 Å². The Morgan fingerprint density at radius 1 is 1.18 bits per heavy atom. The molecule has 2 aromatic carbocycles. The van der Waals surface area contributed by atoms with Gasteiger partial charge in [0, 0.05) is 52.9 Å². The van der Waals surface area contributed by atoms with Gasteiger partial charge in [0.15, 0.2) is 0 Å². The minimum absolute atomic E-state index is 0.00522. The van der Waals surface area contributed by atoms with Crippen molar-refractivity contribution in [1.82, 2.24) is 10.2 Å². The Labute approximate surface area is 238 Å². The average molecular weight is 556 g/mol. The fourth-order valence-corrected chi connectivity index (χ4v) is 5.49. The van der Waals surface area contributed by atoms with E-state index >= 15 is 0 Å². The highest BCUT2D eigenvalue weighted by Crippen LogP contribution is 2.35. The molecule has 0 aromatic heterocycles. The molecule has 2 aliphatic rings. The molecule has 2 aliphatic heterocycles. The quantitative estimate of drug-likeness (QED) is 0.385. The van der Waals surface area contributed by atoms with Crippen LogP contribution in [0.15, 0.2) is 42.5 Å². The van der Waals surface area contributed by atoms with Crippen LogP contribution in [0, 0.1) is 0 Å². The van der Waals surface area contributed by atoms with Gasteiger partial charge in [-0.3, -0.25) is 0 Å². The summed E-state index contributed by atoms with van der Waals surface area (Å²) in [6.07, 6.45) is 2.08. The van der Waals surface area contributed by atoms with E-state index in [0.717, 1.165) is 61.7 Å². The number of hydrogen-bond acceptors (Lipinski definition) is 8. The first-order valence-corrected chi connectivity index (χ1v) is 14.2. The van der Waals surface area contributed by atoms with Crippen LogP contribution in [0.3, 0.4) is 0 Å². The van der Waals surface area contributed by atoms with Crippen molar-refractivity contribution >= 4 is 11.8 Å². The molecule has 4 atom stereocenters. The Kier molecular flexibility index (Phi) is 10.9. The van der Waals surface area contributed by atoms with Gasteiger partial charge in [-0.05, 0) is 61.6 Å². The second-order valence-electron chi connectivity index (χ2n) is 10.9. The molecule has 2 unspecified atom stereocenters. The summed E-state index contributed by atoms with van der Waals surface area (Å²) in [5, 5.41) is 3.65. The maximum atomic E-state index is 12.0. The highest BCUT2D eigenvalue weighted by atomic mass is 16.6. The summed E-state index contributed by atoms with van der Waals surface area (Å²) in [6, 6.07) is 14.8. The predicted molar refractivity (Wildman–Crippen MR) is 156 cm³/mol. The number of piperidine rings is 1. The molecule has 2 aromatic rings. The molecule has 0 aliphatic carbocycles. The molecule has 4 rings (SSSR count). The zero-order chi connectivity index (χ0) is 28.5. The van der Waals surface area contributed by atoms with E-state index in [1.165, 1.54) is 10.5 Å². The van der Waals surface area contributed by atoms with Crippen LogP contribution in [-0.4, -0.2) is 90.4 Å². The number of benzene rings is 2. The van der Waals surface area contributed by atoms with Gasteiger partial charge in [0.05, 0.1) is 32.1 Å². The molecule has 0 bridgehead atoms. The van der Waals surface area contributed by atoms with Gasteiger partial charge in [-0.15, -0.1) is 0 Å². The van der Waals surface area contributed by atoms with Crippen LogP contribution in [0.4, 0.5) is 10.5 Å². The maximum Gasteiger partial charge on any atom is 0.409 e. The summed E-state index contributed by atoms with van der Waals surface area (Å²) >= 11 is 0. The maximum absolute atomic E-state index is 12.0. The molecule has 0 spiro atoms. The van der Waals surface area contributed by atoms with E-state index in [1.807, 2.05) is 19.1 Å². The average Bonchev–Trinajstić information content (AvgIpc) is 2.96. The van der Waals surface area contributed by atoms with Crippen LogP contribution in [0.5, 0.6) is 11.5 Å². The smallest absolute Gasteiger partial charge is 0.409 e. The zero-order valence-corrected chi connectivity index (χ0v) is 24.6. The van der Waals surface area contributed by atoms with Gasteiger partial charge in [-0.25, -0.2) is 4.79 Å². The third-order valence-corrected chi connectivity index (χ3v) is 7.65. The monoisotopic (exact) mass is 555 g/mol. The van der Waals surface area contributed by atoms with Crippen molar-refractivity contribution in [1.29, 1.82) is 0 Å². The lowest BCUT2D eigenvalue weighted by Gasteiger charge is -2.38. The first kappa shape index (κ1) is 30.0. The lowest BCUT2D eigenvalue weighted by molar-refractivity contribution is -0.00256.